The molecule has 0 fully saturated rings. The first-order valence-corrected chi connectivity index (χ1v) is 9.19. The van der Waals surface area contributed by atoms with Gasteiger partial charge in [-0.3, -0.25) is 9.59 Å². The van der Waals surface area contributed by atoms with Gasteiger partial charge < -0.3 is 10.1 Å². The largest absolute Gasteiger partial charge is 0.481 e. The summed E-state index contributed by atoms with van der Waals surface area (Å²) in [5.74, 6) is 0.217. The lowest BCUT2D eigenvalue weighted by atomic mass is 10.0. The summed E-state index contributed by atoms with van der Waals surface area (Å²) in [6.45, 7) is 5.64. The standard InChI is InChI=1S/C24H23NO3/c1-16-13-14-22(17(2)15-16)28-18(3)24(27)25-21-12-8-7-11-20(21)23(26)19-9-5-4-6-10-19/h4-15,18H,1-3H3,(H,25,27)/t18-/m0/s1. The van der Waals surface area contributed by atoms with E-state index in [1.54, 1.807) is 43.3 Å². The van der Waals surface area contributed by atoms with Crippen LogP contribution in [0.15, 0.2) is 72.8 Å². The normalized spacial score (nSPS) is 11.5. The Morgan fingerprint density at radius 1 is 0.893 bits per heavy atom. The molecule has 28 heavy (non-hydrogen) atoms. The summed E-state index contributed by atoms with van der Waals surface area (Å²) in [7, 11) is 0. The monoisotopic (exact) mass is 373 g/mol. The molecule has 0 bridgehead atoms. The van der Waals surface area contributed by atoms with E-state index in [9.17, 15) is 9.59 Å². The maximum atomic E-state index is 12.8. The molecule has 3 rings (SSSR count). The maximum absolute atomic E-state index is 12.8. The number of aryl methyl sites for hydroxylation is 2. The van der Waals surface area contributed by atoms with Crippen LogP contribution in [0.4, 0.5) is 5.69 Å². The number of carbonyl (C=O) groups excluding carboxylic acids is 2. The molecule has 0 aromatic heterocycles. The van der Waals surface area contributed by atoms with Crippen LogP contribution in [-0.4, -0.2) is 17.8 Å². The Bertz CT molecular complexity index is 996. The predicted molar refractivity (Wildman–Crippen MR) is 111 cm³/mol. The van der Waals surface area contributed by atoms with Crippen LogP contribution in [0.3, 0.4) is 0 Å². The first-order valence-electron chi connectivity index (χ1n) is 9.19. The number of hydrogen-bond donors (Lipinski definition) is 1. The van der Waals surface area contributed by atoms with E-state index in [4.69, 9.17) is 4.74 Å². The van der Waals surface area contributed by atoms with Gasteiger partial charge in [-0.1, -0.05) is 60.2 Å². The second kappa shape index (κ2) is 8.53. The van der Waals surface area contributed by atoms with Gasteiger partial charge in [0.05, 0.1) is 5.69 Å². The van der Waals surface area contributed by atoms with E-state index in [2.05, 4.69) is 5.32 Å². The lowest BCUT2D eigenvalue weighted by Gasteiger charge is -2.17. The van der Waals surface area contributed by atoms with E-state index in [1.807, 2.05) is 50.2 Å². The highest BCUT2D eigenvalue weighted by molar-refractivity contribution is 6.14. The Balaban J connectivity index is 1.76. The lowest BCUT2D eigenvalue weighted by molar-refractivity contribution is -0.122. The molecule has 1 atom stereocenters. The van der Waals surface area contributed by atoms with E-state index in [-0.39, 0.29) is 11.7 Å². The van der Waals surface area contributed by atoms with E-state index in [0.29, 0.717) is 22.6 Å². The Hall–Kier alpha value is -3.40. The maximum Gasteiger partial charge on any atom is 0.265 e. The summed E-state index contributed by atoms with van der Waals surface area (Å²) in [6.07, 6.45) is -0.707. The fraction of sp³-hybridized carbons (Fsp3) is 0.167. The van der Waals surface area contributed by atoms with Gasteiger partial charge in [0, 0.05) is 11.1 Å². The van der Waals surface area contributed by atoms with Gasteiger partial charge in [-0.15, -0.1) is 0 Å². The van der Waals surface area contributed by atoms with Gasteiger partial charge in [0.2, 0.25) is 0 Å². The molecule has 0 saturated heterocycles. The van der Waals surface area contributed by atoms with Crippen molar-refractivity contribution < 1.29 is 14.3 Å². The minimum Gasteiger partial charge on any atom is -0.481 e. The molecular weight excluding hydrogens is 350 g/mol. The molecule has 0 heterocycles. The summed E-state index contributed by atoms with van der Waals surface area (Å²) >= 11 is 0. The van der Waals surface area contributed by atoms with Crippen LogP contribution in [0.5, 0.6) is 5.75 Å². The van der Waals surface area contributed by atoms with Crippen LogP contribution in [-0.2, 0) is 4.79 Å². The van der Waals surface area contributed by atoms with Gasteiger partial charge in [-0.05, 0) is 44.5 Å². The quantitative estimate of drug-likeness (QED) is 0.623. The van der Waals surface area contributed by atoms with Crippen molar-refractivity contribution in [3.63, 3.8) is 0 Å². The highest BCUT2D eigenvalue weighted by atomic mass is 16.5. The van der Waals surface area contributed by atoms with Crippen molar-refractivity contribution >= 4 is 17.4 Å². The SMILES string of the molecule is Cc1ccc(O[C@@H](C)C(=O)Nc2ccccc2C(=O)c2ccccc2)c(C)c1. The molecule has 0 aliphatic heterocycles. The molecule has 3 aromatic carbocycles. The van der Waals surface area contributed by atoms with Crippen molar-refractivity contribution in [2.24, 2.45) is 0 Å². The lowest BCUT2D eigenvalue weighted by Crippen LogP contribution is -2.31. The first kappa shape index (κ1) is 19.4. The van der Waals surface area contributed by atoms with Crippen molar-refractivity contribution in [3.8, 4) is 5.75 Å². The van der Waals surface area contributed by atoms with Gasteiger partial charge in [0.25, 0.3) is 5.91 Å². The summed E-state index contributed by atoms with van der Waals surface area (Å²) in [4.78, 5) is 25.5. The highest BCUT2D eigenvalue weighted by Gasteiger charge is 2.19. The molecule has 0 unspecified atom stereocenters. The fourth-order valence-electron chi connectivity index (χ4n) is 2.95. The number of carbonyl (C=O) groups is 2. The van der Waals surface area contributed by atoms with E-state index < -0.39 is 6.10 Å². The summed E-state index contributed by atoms with van der Waals surface area (Å²) in [5.41, 5.74) is 3.59. The summed E-state index contributed by atoms with van der Waals surface area (Å²) in [5, 5.41) is 2.83. The Labute approximate surface area is 165 Å². The highest BCUT2D eigenvalue weighted by Crippen LogP contribution is 2.22. The average molecular weight is 373 g/mol. The molecule has 0 spiro atoms. The van der Waals surface area contributed by atoms with Crippen molar-refractivity contribution in [2.45, 2.75) is 26.9 Å². The van der Waals surface area contributed by atoms with Crippen molar-refractivity contribution in [3.05, 3.63) is 95.1 Å². The Kier molecular flexibility index (Phi) is 5.90. The van der Waals surface area contributed by atoms with Crippen LogP contribution in [0.25, 0.3) is 0 Å². The van der Waals surface area contributed by atoms with E-state index >= 15 is 0 Å². The van der Waals surface area contributed by atoms with Crippen LogP contribution >= 0.6 is 0 Å². The van der Waals surface area contributed by atoms with E-state index in [0.717, 1.165) is 11.1 Å². The van der Waals surface area contributed by atoms with Crippen LogP contribution in [0.2, 0.25) is 0 Å². The number of nitrogens with one attached hydrogen (secondary N) is 1. The number of para-hydroxylation sites is 1. The molecule has 142 valence electrons. The second-order valence-electron chi connectivity index (χ2n) is 6.76. The molecule has 1 amide bonds. The summed E-state index contributed by atoms with van der Waals surface area (Å²) < 4.78 is 5.82. The zero-order chi connectivity index (χ0) is 20.1. The molecule has 0 aliphatic carbocycles. The summed E-state index contributed by atoms with van der Waals surface area (Å²) in [6, 6.07) is 21.8. The number of hydrogen-bond acceptors (Lipinski definition) is 3. The van der Waals surface area contributed by atoms with Gasteiger partial charge in [-0.2, -0.15) is 0 Å². The topological polar surface area (TPSA) is 55.4 Å². The third-order valence-electron chi connectivity index (χ3n) is 4.47. The number of ether oxygens (including phenoxy) is 1. The van der Waals surface area contributed by atoms with Gasteiger partial charge in [0.15, 0.2) is 11.9 Å². The number of benzene rings is 3. The first-order chi connectivity index (χ1) is 13.5. The molecule has 4 heteroatoms. The van der Waals surface area contributed by atoms with E-state index in [1.165, 1.54) is 0 Å². The zero-order valence-corrected chi connectivity index (χ0v) is 16.2. The molecule has 1 N–H and O–H groups in total. The number of amides is 1. The molecule has 0 saturated carbocycles. The molecular formula is C24H23NO3. The molecule has 0 aliphatic rings. The Morgan fingerprint density at radius 2 is 1.57 bits per heavy atom. The fourth-order valence-corrected chi connectivity index (χ4v) is 2.95. The third kappa shape index (κ3) is 4.46. The average Bonchev–Trinajstić information content (AvgIpc) is 2.70. The van der Waals surface area contributed by atoms with Gasteiger partial charge >= 0.3 is 0 Å². The van der Waals surface area contributed by atoms with Crippen molar-refractivity contribution in [2.75, 3.05) is 5.32 Å². The predicted octanol–water partition coefficient (Wildman–Crippen LogP) is 4.94. The molecule has 0 radical (unpaired) electrons. The minimum atomic E-state index is -0.707. The van der Waals surface area contributed by atoms with Crippen LogP contribution in [0.1, 0.15) is 34.0 Å². The Morgan fingerprint density at radius 3 is 2.29 bits per heavy atom. The smallest absolute Gasteiger partial charge is 0.265 e. The van der Waals surface area contributed by atoms with Crippen LogP contribution < -0.4 is 10.1 Å². The minimum absolute atomic E-state index is 0.139. The van der Waals surface area contributed by atoms with Gasteiger partial charge in [0.1, 0.15) is 5.75 Å². The molecule has 3 aromatic rings. The molecule has 4 nitrogen and oxygen atoms in total. The zero-order valence-electron chi connectivity index (χ0n) is 16.2. The van der Waals surface area contributed by atoms with Crippen LogP contribution in [0, 0.1) is 13.8 Å². The third-order valence-corrected chi connectivity index (χ3v) is 4.47. The number of anilines is 1. The van der Waals surface area contributed by atoms with Gasteiger partial charge in [-0.25, -0.2) is 0 Å². The number of rotatable bonds is 6. The van der Waals surface area contributed by atoms with Crippen molar-refractivity contribution in [1.82, 2.24) is 0 Å². The van der Waals surface area contributed by atoms with Crippen molar-refractivity contribution in [1.29, 1.82) is 0 Å². The second-order valence-corrected chi connectivity index (χ2v) is 6.76. The number of ketones is 1.